The summed E-state index contributed by atoms with van der Waals surface area (Å²) in [5.74, 6) is 1.65. The number of rotatable bonds is 6. The van der Waals surface area contributed by atoms with Crippen LogP contribution in [0.1, 0.15) is 37.7 Å². The highest BCUT2D eigenvalue weighted by atomic mass is 16.5. The maximum atomic E-state index is 12.9. The zero-order chi connectivity index (χ0) is 19.6. The topological polar surface area (TPSA) is 42.0 Å². The minimum atomic E-state index is 0.236. The van der Waals surface area contributed by atoms with E-state index in [4.69, 9.17) is 9.47 Å². The van der Waals surface area contributed by atoms with Crippen molar-refractivity contribution in [3.05, 3.63) is 29.8 Å². The molecule has 1 amide bonds. The van der Waals surface area contributed by atoms with Crippen LogP contribution in [0.15, 0.2) is 24.3 Å². The average molecular weight is 387 g/mol. The van der Waals surface area contributed by atoms with Gasteiger partial charge in [-0.3, -0.25) is 9.69 Å². The number of carbonyl (C=O) groups excluding carboxylic acids is 1. The number of ether oxygens (including phenoxy) is 2. The van der Waals surface area contributed by atoms with Crippen molar-refractivity contribution < 1.29 is 14.3 Å². The molecule has 1 saturated carbocycles. The Bertz CT molecular complexity index is 680. The lowest BCUT2D eigenvalue weighted by atomic mass is 9.71. The van der Waals surface area contributed by atoms with Gasteiger partial charge in [0.25, 0.3) is 0 Å². The van der Waals surface area contributed by atoms with Crippen LogP contribution >= 0.6 is 0 Å². The molecular formula is C23H34N2O3. The highest BCUT2D eigenvalue weighted by Gasteiger charge is 2.50. The van der Waals surface area contributed by atoms with Crippen LogP contribution in [0.5, 0.6) is 5.75 Å². The summed E-state index contributed by atoms with van der Waals surface area (Å²) in [5.41, 5.74) is 1.36. The molecule has 1 spiro atoms. The fraction of sp³-hybridized carbons (Fsp3) is 0.696. The molecule has 1 atom stereocenters. The van der Waals surface area contributed by atoms with Gasteiger partial charge in [0.1, 0.15) is 5.75 Å². The first-order chi connectivity index (χ1) is 13.6. The van der Waals surface area contributed by atoms with Crippen LogP contribution in [0.25, 0.3) is 0 Å². The lowest BCUT2D eigenvalue weighted by Gasteiger charge is -2.43. The fourth-order valence-corrected chi connectivity index (χ4v) is 5.37. The highest BCUT2D eigenvalue weighted by molar-refractivity contribution is 5.79. The molecule has 154 valence electrons. The number of benzene rings is 1. The summed E-state index contributed by atoms with van der Waals surface area (Å²) in [5, 5.41) is 0. The van der Waals surface area contributed by atoms with Crippen molar-refractivity contribution in [3.63, 3.8) is 0 Å². The molecule has 1 aromatic rings. The van der Waals surface area contributed by atoms with Gasteiger partial charge >= 0.3 is 0 Å². The van der Waals surface area contributed by atoms with Crippen LogP contribution in [0, 0.1) is 11.3 Å². The lowest BCUT2D eigenvalue weighted by molar-refractivity contribution is -0.133. The van der Waals surface area contributed by atoms with Crippen LogP contribution in [-0.4, -0.2) is 68.8 Å². The smallest absolute Gasteiger partial charge is 0.226 e. The molecule has 2 aliphatic heterocycles. The molecule has 1 aromatic carbocycles. The summed E-state index contributed by atoms with van der Waals surface area (Å²) in [7, 11) is 3.49. The van der Waals surface area contributed by atoms with Gasteiger partial charge in [0.05, 0.1) is 20.1 Å². The minimum absolute atomic E-state index is 0.236. The van der Waals surface area contributed by atoms with Crippen LogP contribution in [-0.2, 0) is 16.0 Å². The first kappa shape index (κ1) is 19.7. The number of methoxy groups -OCH3 is 2. The summed E-state index contributed by atoms with van der Waals surface area (Å²) in [6.07, 6.45) is 6.78. The predicted molar refractivity (Wildman–Crippen MR) is 110 cm³/mol. The average Bonchev–Trinajstić information content (AvgIpc) is 2.98. The van der Waals surface area contributed by atoms with E-state index >= 15 is 0 Å². The van der Waals surface area contributed by atoms with Crippen LogP contribution < -0.4 is 4.74 Å². The van der Waals surface area contributed by atoms with Gasteiger partial charge in [0, 0.05) is 45.2 Å². The molecule has 2 saturated heterocycles. The van der Waals surface area contributed by atoms with Gasteiger partial charge in [-0.25, -0.2) is 0 Å². The van der Waals surface area contributed by atoms with Gasteiger partial charge in [-0.15, -0.1) is 0 Å². The van der Waals surface area contributed by atoms with E-state index in [1.165, 1.54) is 32.4 Å². The van der Waals surface area contributed by atoms with E-state index in [-0.39, 0.29) is 5.91 Å². The van der Waals surface area contributed by atoms with Crippen molar-refractivity contribution in [3.8, 4) is 5.75 Å². The summed E-state index contributed by atoms with van der Waals surface area (Å²) in [6.45, 7) is 4.98. The Kier molecular flexibility index (Phi) is 5.93. The number of carbonyl (C=O) groups is 1. The third-order valence-corrected chi connectivity index (χ3v) is 7.40. The first-order valence-electron chi connectivity index (χ1n) is 10.8. The molecule has 3 fully saturated rings. The van der Waals surface area contributed by atoms with Gasteiger partial charge in [0.15, 0.2) is 0 Å². The number of piperidine rings is 1. The summed E-state index contributed by atoms with van der Waals surface area (Å²) in [6, 6.07) is 8.64. The van der Waals surface area contributed by atoms with E-state index in [1.54, 1.807) is 7.11 Å². The molecule has 4 rings (SSSR count). The second kappa shape index (κ2) is 8.42. The first-order valence-corrected chi connectivity index (χ1v) is 10.8. The summed E-state index contributed by atoms with van der Waals surface area (Å²) < 4.78 is 10.9. The van der Waals surface area contributed by atoms with Crippen molar-refractivity contribution in [2.24, 2.45) is 11.3 Å². The molecule has 0 bridgehead atoms. The number of amides is 1. The van der Waals surface area contributed by atoms with Gasteiger partial charge < -0.3 is 14.4 Å². The molecule has 0 radical (unpaired) electrons. The van der Waals surface area contributed by atoms with Gasteiger partial charge in [-0.2, -0.15) is 0 Å². The largest absolute Gasteiger partial charge is 0.497 e. The van der Waals surface area contributed by atoms with Crippen molar-refractivity contribution >= 4 is 5.91 Å². The standard InChI is InChI=1S/C23H34N2O3/c1-27-16-19-15-25(20-6-4-7-20)17-23(19)9-11-24(12-10-23)22(26)14-18-5-3-8-21(13-18)28-2/h3,5,8,13,19-20H,4,6-7,9-12,14-17H2,1-2H3/t19-/m1/s1. The van der Waals surface area contributed by atoms with E-state index < -0.39 is 0 Å². The second-order valence-electron chi connectivity index (χ2n) is 8.94. The third kappa shape index (κ3) is 3.92. The van der Waals surface area contributed by atoms with Crippen LogP contribution in [0.3, 0.4) is 0 Å². The highest BCUT2D eigenvalue weighted by Crippen LogP contribution is 2.47. The second-order valence-corrected chi connectivity index (χ2v) is 8.94. The predicted octanol–water partition coefficient (Wildman–Crippen LogP) is 2.98. The quantitative estimate of drug-likeness (QED) is 0.754. The minimum Gasteiger partial charge on any atom is -0.497 e. The Morgan fingerprint density at radius 3 is 2.64 bits per heavy atom. The molecule has 1 aliphatic carbocycles. The lowest BCUT2D eigenvalue weighted by Crippen LogP contribution is -2.48. The molecule has 28 heavy (non-hydrogen) atoms. The van der Waals surface area contributed by atoms with Gasteiger partial charge in [-0.1, -0.05) is 18.6 Å². The Balaban J connectivity index is 1.36. The van der Waals surface area contributed by atoms with E-state index in [0.29, 0.717) is 17.8 Å². The van der Waals surface area contributed by atoms with Crippen LogP contribution in [0.2, 0.25) is 0 Å². The maximum Gasteiger partial charge on any atom is 0.226 e. The monoisotopic (exact) mass is 386 g/mol. The molecule has 5 nitrogen and oxygen atoms in total. The molecule has 0 unspecified atom stereocenters. The Labute approximate surface area is 169 Å². The van der Waals surface area contributed by atoms with Crippen molar-refractivity contribution in [2.45, 2.75) is 44.6 Å². The zero-order valence-corrected chi connectivity index (χ0v) is 17.4. The van der Waals surface area contributed by atoms with E-state index in [0.717, 1.165) is 49.9 Å². The van der Waals surface area contributed by atoms with Crippen LogP contribution in [0.4, 0.5) is 0 Å². The molecule has 0 aromatic heterocycles. The normalized spacial score (nSPS) is 25.1. The Hall–Kier alpha value is -1.59. The summed E-state index contributed by atoms with van der Waals surface area (Å²) in [4.78, 5) is 17.6. The fourth-order valence-electron chi connectivity index (χ4n) is 5.37. The van der Waals surface area contributed by atoms with E-state index in [2.05, 4.69) is 9.80 Å². The molecular weight excluding hydrogens is 352 g/mol. The Morgan fingerprint density at radius 2 is 2.00 bits per heavy atom. The number of hydrogen-bond donors (Lipinski definition) is 0. The molecule has 0 N–H and O–H groups in total. The SMILES string of the molecule is COC[C@H]1CN(C2CCC2)CC12CCN(C(=O)Cc1cccc(OC)c1)CC2. The third-order valence-electron chi connectivity index (χ3n) is 7.40. The number of nitrogens with zero attached hydrogens (tertiary/aromatic N) is 2. The molecule has 5 heteroatoms. The summed E-state index contributed by atoms with van der Waals surface area (Å²) >= 11 is 0. The van der Waals surface area contributed by atoms with Gasteiger partial charge in [0.2, 0.25) is 5.91 Å². The van der Waals surface area contributed by atoms with Crippen molar-refractivity contribution in [1.29, 1.82) is 0 Å². The zero-order valence-electron chi connectivity index (χ0n) is 17.4. The molecule has 2 heterocycles. The van der Waals surface area contributed by atoms with Crippen molar-refractivity contribution in [2.75, 3.05) is 47.0 Å². The van der Waals surface area contributed by atoms with Gasteiger partial charge in [-0.05, 0) is 48.8 Å². The molecule has 3 aliphatic rings. The number of likely N-dealkylation sites (tertiary alicyclic amines) is 2. The Morgan fingerprint density at radius 1 is 1.21 bits per heavy atom. The van der Waals surface area contributed by atoms with Crippen molar-refractivity contribution in [1.82, 2.24) is 9.80 Å². The maximum absolute atomic E-state index is 12.9. The van der Waals surface area contributed by atoms with E-state index in [1.807, 2.05) is 31.4 Å². The number of hydrogen-bond acceptors (Lipinski definition) is 4. The van der Waals surface area contributed by atoms with E-state index in [9.17, 15) is 4.79 Å².